The minimum Gasteiger partial charge on any atom is -0.377 e. The maximum absolute atomic E-state index is 11.8. The molecule has 0 unspecified atom stereocenters. The van der Waals surface area contributed by atoms with Crippen LogP contribution in [0.1, 0.15) is 5.56 Å². The average molecular weight is 290 g/mol. The van der Waals surface area contributed by atoms with Crippen LogP contribution in [-0.4, -0.2) is 44.9 Å². The molecule has 3 N–H and O–H groups in total. The number of terminal acetylenes is 1. The van der Waals surface area contributed by atoms with Crippen LogP contribution >= 0.6 is 0 Å². The lowest BCUT2D eigenvalue weighted by molar-refractivity contribution is -0.122. The Labute approximate surface area is 125 Å². The van der Waals surface area contributed by atoms with Crippen LogP contribution in [0.4, 0.5) is 0 Å². The second-order valence-electron chi connectivity index (χ2n) is 4.46. The molecule has 0 aliphatic carbocycles. The molecule has 0 aliphatic rings. The van der Waals surface area contributed by atoms with E-state index in [-0.39, 0.29) is 12.5 Å². The molecular weight excluding hydrogens is 268 g/mol. The molecule has 1 amide bonds. The maximum Gasteiger partial charge on any atom is 0.237 e. The van der Waals surface area contributed by atoms with Gasteiger partial charge in [0, 0.05) is 6.54 Å². The van der Waals surface area contributed by atoms with Crippen LogP contribution in [-0.2, 0) is 20.7 Å². The molecule has 0 fully saturated rings. The zero-order valence-corrected chi connectivity index (χ0v) is 12.1. The van der Waals surface area contributed by atoms with Gasteiger partial charge in [0.2, 0.25) is 5.91 Å². The fraction of sp³-hybridized carbons (Fsp3) is 0.438. The van der Waals surface area contributed by atoms with Gasteiger partial charge in [0.1, 0.15) is 6.61 Å². The Kier molecular flexibility index (Phi) is 8.89. The Bertz CT molecular complexity index is 443. The van der Waals surface area contributed by atoms with E-state index in [2.05, 4.69) is 11.2 Å². The highest BCUT2D eigenvalue weighted by Gasteiger charge is 2.12. The van der Waals surface area contributed by atoms with E-state index in [0.29, 0.717) is 32.8 Å². The van der Waals surface area contributed by atoms with E-state index in [4.69, 9.17) is 21.6 Å². The van der Waals surface area contributed by atoms with E-state index in [1.54, 1.807) is 0 Å². The van der Waals surface area contributed by atoms with Crippen molar-refractivity contribution in [1.82, 2.24) is 5.32 Å². The minimum absolute atomic E-state index is 0.175. The van der Waals surface area contributed by atoms with Crippen molar-refractivity contribution in [3.8, 4) is 12.3 Å². The number of rotatable bonds is 10. The molecule has 0 saturated heterocycles. The molecule has 0 heterocycles. The van der Waals surface area contributed by atoms with Crippen molar-refractivity contribution in [3.05, 3.63) is 35.9 Å². The standard InChI is InChI=1S/C16H22N2O3/c1-2-9-20-11-12-21-10-8-18-16(19)15(17)13-14-6-4-3-5-7-14/h1,3-7,15H,8-13,17H2,(H,18,19)/t15-/m0/s1. The third kappa shape index (κ3) is 8.10. The summed E-state index contributed by atoms with van der Waals surface area (Å²) in [6.07, 6.45) is 5.55. The van der Waals surface area contributed by atoms with Gasteiger partial charge < -0.3 is 20.5 Å². The third-order valence-corrected chi connectivity index (χ3v) is 2.74. The van der Waals surface area contributed by atoms with Crippen LogP contribution in [0.2, 0.25) is 0 Å². The number of hydrogen-bond donors (Lipinski definition) is 2. The second kappa shape index (κ2) is 10.9. The van der Waals surface area contributed by atoms with Crippen LogP contribution in [0.5, 0.6) is 0 Å². The van der Waals surface area contributed by atoms with Gasteiger partial charge in [0.25, 0.3) is 0 Å². The largest absolute Gasteiger partial charge is 0.377 e. The summed E-state index contributed by atoms with van der Waals surface area (Å²) in [6.45, 7) is 2.04. The van der Waals surface area contributed by atoms with Crippen molar-refractivity contribution in [2.24, 2.45) is 5.73 Å². The van der Waals surface area contributed by atoms with Crippen LogP contribution in [0.15, 0.2) is 30.3 Å². The maximum atomic E-state index is 11.8. The van der Waals surface area contributed by atoms with Crippen molar-refractivity contribution >= 4 is 5.91 Å². The van der Waals surface area contributed by atoms with Gasteiger partial charge in [-0.15, -0.1) is 6.42 Å². The van der Waals surface area contributed by atoms with Gasteiger partial charge in [-0.05, 0) is 12.0 Å². The summed E-state index contributed by atoms with van der Waals surface area (Å²) in [7, 11) is 0. The monoisotopic (exact) mass is 290 g/mol. The quantitative estimate of drug-likeness (QED) is 0.481. The molecule has 0 aromatic heterocycles. The smallest absolute Gasteiger partial charge is 0.237 e. The van der Waals surface area contributed by atoms with Crippen LogP contribution in [0.3, 0.4) is 0 Å². The van der Waals surface area contributed by atoms with Gasteiger partial charge in [-0.2, -0.15) is 0 Å². The molecule has 0 bridgehead atoms. The number of hydrogen-bond acceptors (Lipinski definition) is 4. The molecule has 0 aliphatic heterocycles. The summed E-state index contributed by atoms with van der Waals surface area (Å²) in [5.74, 6) is 2.19. The highest BCUT2D eigenvalue weighted by atomic mass is 16.5. The van der Waals surface area contributed by atoms with E-state index in [9.17, 15) is 4.79 Å². The first-order valence-corrected chi connectivity index (χ1v) is 6.90. The van der Waals surface area contributed by atoms with Crippen molar-refractivity contribution in [2.75, 3.05) is 33.0 Å². The van der Waals surface area contributed by atoms with Crippen molar-refractivity contribution in [1.29, 1.82) is 0 Å². The molecule has 5 heteroatoms. The zero-order valence-electron chi connectivity index (χ0n) is 12.1. The molecular formula is C16H22N2O3. The van der Waals surface area contributed by atoms with Crippen molar-refractivity contribution in [3.63, 3.8) is 0 Å². The minimum atomic E-state index is -0.550. The Morgan fingerprint density at radius 1 is 1.24 bits per heavy atom. The molecule has 0 saturated carbocycles. The van der Waals surface area contributed by atoms with Crippen LogP contribution in [0, 0.1) is 12.3 Å². The van der Waals surface area contributed by atoms with Gasteiger partial charge in [-0.25, -0.2) is 0 Å². The Hall–Kier alpha value is -1.87. The molecule has 0 radical (unpaired) electrons. The Morgan fingerprint density at radius 3 is 2.67 bits per heavy atom. The highest BCUT2D eigenvalue weighted by Crippen LogP contribution is 2.01. The van der Waals surface area contributed by atoms with Crippen molar-refractivity contribution in [2.45, 2.75) is 12.5 Å². The lowest BCUT2D eigenvalue weighted by Crippen LogP contribution is -2.43. The number of nitrogens with one attached hydrogen (secondary N) is 1. The molecule has 1 rings (SSSR count). The summed E-state index contributed by atoms with van der Waals surface area (Å²) in [5, 5.41) is 2.74. The van der Waals surface area contributed by atoms with E-state index in [1.165, 1.54) is 0 Å². The van der Waals surface area contributed by atoms with Gasteiger partial charge in [0.05, 0.1) is 25.9 Å². The Balaban J connectivity index is 2.06. The number of carbonyl (C=O) groups is 1. The van der Waals surface area contributed by atoms with Gasteiger partial charge in [-0.3, -0.25) is 4.79 Å². The fourth-order valence-electron chi connectivity index (χ4n) is 1.69. The van der Waals surface area contributed by atoms with Crippen LogP contribution < -0.4 is 11.1 Å². The molecule has 114 valence electrons. The first-order valence-electron chi connectivity index (χ1n) is 6.90. The number of amides is 1. The molecule has 1 aromatic carbocycles. The normalized spacial score (nSPS) is 11.6. The summed E-state index contributed by atoms with van der Waals surface area (Å²) in [4.78, 5) is 11.8. The number of benzene rings is 1. The fourth-order valence-corrected chi connectivity index (χ4v) is 1.69. The lowest BCUT2D eigenvalue weighted by Gasteiger charge is -2.12. The SMILES string of the molecule is C#CCOCCOCCNC(=O)[C@@H](N)Cc1ccccc1. The summed E-state index contributed by atoms with van der Waals surface area (Å²) in [6, 6.07) is 9.14. The number of carbonyl (C=O) groups excluding carboxylic acids is 1. The van der Waals surface area contributed by atoms with E-state index in [0.717, 1.165) is 5.56 Å². The van der Waals surface area contributed by atoms with Gasteiger partial charge >= 0.3 is 0 Å². The lowest BCUT2D eigenvalue weighted by atomic mass is 10.1. The van der Waals surface area contributed by atoms with Crippen molar-refractivity contribution < 1.29 is 14.3 Å². The third-order valence-electron chi connectivity index (χ3n) is 2.74. The van der Waals surface area contributed by atoms with E-state index >= 15 is 0 Å². The van der Waals surface area contributed by atoms with Gasteiger partial charge in [-0.1, -0.05) is 36.3 Å². The van der Waals surface area contributed by atoms with Gasteiger partial charge in [0.15, 0.2) is 0 Å². The molecule has 0 spiro atoms. The summed E-state index contributed by atoms with van der Waals surface area (Å²) in [5.41, 5.74) is 6.90. The highest BCUT2D eigenvalue weighted by molar-refractivity contribution is 5.81. The predicted octanol–water partition coefficient (Wildman–Crippen LogP) is 0.339. The molecule has 1 aromatic rings. The van der Waals surface area contributed by atoms with E-state index < -0.39 is 6.04 Å². The Morgan fingerprint density at radius 2 is 1.95 bits per heavy atom. The van der Waals surface area contributed by atoms with Crippen LogP contribution in [0.25, 0.3) is 0 Å². The van der Waals surface area contributed by atoms with E-state index in [1.807, 2.05) is 30.3 Å². The predicted molar refractivity (Wildman–Crippen MR) is 81.6 cm³/mol. The number of nitrogens with two attached hydrogens (primary N) is 1. The topological polar surface area (TPSA) is 73.6 Å². The molecule has 5 nitrogen and oxygen atoms in total. The first kappa shape index (κ1) is 17.2. The average Bonchev–Trinajstić information content (AvgIpc) is 2.50. The summed E-state index contributed by atoms with van der Waals surface area (Å²) < 4.78 is 10.3. The zero-order chi connectivity index (χ0) is 15.3. The number of ether oxygens (including phenoxy) is 2. The molecule has 21 heavy (non-hydrogen) atoms. The second-order valence-corrected chi connectivity index (χ2v) is 4.46. The molecule has 1 atom stereocenters. The summed E-state index contributed by atoms with van der Waals surface area (Å²) >= 11 is 0. The first-order chi connectivity index (χ1) is 10.2.